The molecule has 0 spiro atoms. The van der Waals surface area contributed by atoms with Gasteiger partial charge in [-0.2, -0.15) is 9.35 Å². The van der Waals surface area contributed by atoms with Crippen molar-refractivity contribution in [3.63, 3.8) is 0 Å². The number of hydrogen-bond donors (Lipinski definition) is 1. The van der Waals surface area contributed by atoms with Crippen LogP contribution in [0.3, 0.4) is 0 Å². The molecule has 1 aliphatic carbocycles. The van der Waals surface area contributed by atoms with Gasteiger partial charge in [0.05, 0.1) is 6.54 Å². The van der Waals surface area contributed by atoms with Crippen molar-refractivity contribution in [2.24, 2.45) is 4.36 Å². The molecule has 1 aliphatic rings. The van der Waals surface area contributed by atoms with Gasteiger partial charge in [-0.05, 0) is 68.8 Å². The fraction of sp³-hybridized carbons (Fsp3) is 0.333. The van der Waals surface area contributed by atoms with Crippen LogP contribution < -0.4 is 10.9 Å². The number of hydrogen-bond acceptors (Lipinski definition) is 8. The highest BCUT2D eigenvalue weighted by atomic mass is 32.2. The number of fused-ring (bicyclic) bond motifs is 2. The van der Waals surface area contributed by atoms with Crippen LogP contribution >= 0.6 is 0 Å². The Bertz CT molecular complexity index is 1760. The average molecular weight is 551 g/mol. The molecule has 0 saturated heterocycles. The number of aromatic nitrogens is 5. The van der Waals surface area contributed by atoms with Gasteiger partial charge in [0.25, 0.3) is 5.56 Å². The topological polar surface area (TPSA) is 110 Å². The lowest BCUT2D eigenvalue weighted by molar-refractivity contribution is 0.268. The van der Waals surface area contributed by atoms with Gasteiger partial charge in [0.2, 0.25) is 5.95 Å². The number of aryl methyl sites for hydroxylation is 1. The number of nitrogens with one attached hydrogen (secondary N) is 1. The van der Waals surface area contributed by atoms with E-state index in [9.17, 15) is 9.00 Å². The van der Waals surface area contributed by atoms with E-state index >= 15 is 4.39 Å². The number of allylic oxidation sites excluding steroid dienone is 1. The van der Waals surface area contributed by atoms with Crippen LogP contribution in [0, 0.1) is 5.82 Å². The lowest BCUT2D eigenvalue weighted by atomic mass is 9.87. The fourth-order valence-electron chi connectivity index (χ4n) is 4.82. The molecule has 12 heteroatoms. The van der Waals surface area contributed by atoms with Crippen LogP contribution in [0.2, 0.25) is 0 Å². The Morgan fingerprint density at radius 1 is 1.23 bits per heavy atom. The van der Waals surface area contributed by atoms with E-state index in [1.807, 2.05) is 6.07 Å². The van der Waals surface area contributed by atoms with E-state index in [4.69, 9.17) is 0 Å². The second kappa shape index (κ2) is 10.3. The monoisotopic (exact) mass is 550 g/mol. The van der Waals surface area contributed by atoms with E-state index in [1.165, 1.54) is 57.4 Å². The molecular weight excluding hydrogens is 519 g/mol. The van der Waals surface area contributed by atoms with Gasteiger partial charge in [0.1, 0.15) is 5.39 Å². The highest BCUT2D eigenvalue weighted by Gasteiger charge is 2.22. The molecular formula is C27H31FN8O2S. The smallest absolute Gasteiger partial charge is 0.278 e. The van der Waals surface area contributed by atoms with Crippen LogP contribution in [-0.2, 0) is 29.1 Å². The maximum atomic E-state index is 15.1. The number of rotatable bonds is 7. The van der Waals surface area contributed by atoms with Crippen molar-refractivity contribution in [2.75, 3.05) is 31.9 Å². The summed E-state index contributed by atoms with van der Waals surface area (Å²) in [5.74, 6) is -0.553. The molecule has 3 heterocycles. The Morgan fingerprint density at radius 3 is 2.74 bits per heavy atom. The Labute approximate surface area is 226 Å². The normalized spacial score (nSPS) is 15.4. The quantitative estimate of drug-likeness (QED) is 0.348. The van der Waals surface area contributed by atoms with Gasteiger partial charge in [0.15, 0.2) is 23.1 Å². The molecule has 1 atom stereocenters. The van der Waals surface area contributed by atoms with Crippen LogP contribution in [0.1, 0.15) is 17.5 Å². The summed E-state index contributed by atoms with van der Waals surface area (Å²) in [6, 6.07) is 9.25. The largest absolute Gasteiger partial charge is 0.324 e. The average Bonchev–Trinajstić information content (AvgIpc) is 3.14. The van der Waals surface area contributed by atoms with Gasteiger partial charge in [-0.1, -0.05) is 12.1 Å². The second-order valence-corrected chi connectivity index (χ2v) is 12.7. The number of halogens is 1. The van der Waals surface area contributed by atoms with Gasteiger partial charge >= 0.3 is 0 Å². The van der Waals surface area contributed by atoms with Crippen molar-refractivity contribution in [2.45, 2.75) is 31.8 Å². The molecule has 5 rings (SSSR count). The first kappa shape index (κ1) is 26.7. The Balaban J connectivity index is 1.58. The van der Waals surface area contributed by atoms with E-state index in [1.54, 1.807) is 0 Å². The summed E-state index contributed by atoms with van der Waals surface area (Å²) < 4.78 is 34.0. The van der Waals surface area contributed by atoms with Crippen molar-refractivity contribution < 1.29 is 8.60 Å². The van der Waals surface area contributed by atoms with E-state index in [0.29, 0.717) is 6.04 Å². The number of benzene rings is 1. The Kier molecular flexibility index (Phi) is 7.08. The predicted octanol–water partition coefficient (Wildman–Crippen LogP) is 3.82. The lowest BCUT2D eigenvalue weighted by Crippen LogP contribution is -2.33. The van der Waals surface area contributed by atoms with E-state index in [2.05, 4.69) is 62.3 Å². The minimum absolute atomic E-state index is 0.0809. The van der Waals surface area contributed by atoms with Gasteiger partial charge < -0.3 is 10.2 Å². The molecule has 4 aromatic rings. The molecule has 1 unspecified atom stereocenters. The molecule has 204 valence electrons. The molecule has 0 amide bonds. The maximum Gasteiger partial charge on any atom is 0.278 e. The fourth-order valence-corrected chi connectivity index (χ4v) is 5.37. The van der Waals surface area contributed by atoms with Gasteiger partial charge in [-0.15, -0.1) is 6.58 Å². The highest BCUT2D eigenvalue weighted by Crippen LogP contribution is 2.28. The molecule has 0 bridgehead atoms. The number of anilines is 2. The molecule has 0 fully saturated rings. The first-order valence-corrected chi connectivity index (χ1v) is 14.9. The van der Waals surface area contributed by atoms with Crippen molar-refractivity contribution >= 4 is 38.2 Å². The molecule has 3 aromatic heterocycles. The second-order valence-electron chi connectivity index (χ2n) is 10.1. The zero-order valence-corrected chi connectivity index (χ0v) is 23.2. The van der Waals surface area contributed by atoms with Gasteiger partial charge in [0, 0.05) is 40.2 Å². The number of pyridine rings is 1. The van der Waals surface area contributed by atoms with Crippen LogP contribution in [0.5, 0.6) is 0 Å². The first-order valence-electron chi connectivity index (χ1n) is 12.5. The van der Waals surface area contributed by atoms with Crippen LogP contribution in [-0.4, -0.2) is 66.1 Å². The standard InChI is InChI=1S/C27H31FN8O2S/c1-6-13-35-26(37)21-16-29-27(30-19-9-7-18-15-20(34(2)3)10-8-17(18)14-19)32-24(21)36(35)25-22(28)11-12-23(31-25)33-39(4,5)38/h6-7,9,11-12,14,16,20H,1,8,10,13,15H2,2-5H3,(H,29,30,32). The summed E-state index contributed by atoms with van der Waals surface area (Å²) in [6.07, 6.45) is 8.93. The summed E-state index contributed by atoms with van der Waals surface area (Å²) in [5, 5.41) is 3.42. The molecule has 1 N–H and O–H groups in total. The van der Waals surface area contributed by atoms with Crippen molar-refractivity contribution in [3.8, 4) is 5.82 Å². The Morgan fingerprint density at radius 2 is 2.03 bits per heavy atom. The van der Waals surface area contributed by atoms with Crippen molar-refractivity contribution in [1.29, 1.82) is 0 Å². The molecule has 10 nitrogen and oxygen atoms in total. The third-order valence-electron chi connectivity index (χ3n) is 6.70. The zero-order chi connectivity index (χ0) is 27.9. The van der Waals surface area contributed by atoms with Gasteiger partial charge in [-0.25, -0.2) is 27.9 Å². The summed E-state index contributed by atoms with van der Waals surface area (Å²) >= 11 is 0. The van der Waals surface area contributed by atoms with Crippen LogP contribution in [0.4, 0.5) is 21.8 Å². The SMILES string of the molecule is C=CCn1c(=O)c2cnc(Nc3ccc4c(c3)CCC(N(C)C)C4)nc2n1-c1nc(N=S(C)(C)=O)ccc1F. The van der Waals surface area contributed by atoms with Crippen LogP contribution in [0.25, 0.3) is 16.9 Å². The van der Waals surface area contributed by atoms with E-state index in [0.717, 1.165) is 24.9 Å². The summed E-state index contributed by atoms with van der Waals surface area (Å²) in [4.78, 5) is 28.7. The number of nitrogens with zero attached hydrogens (tertiary/aromatic N) is 7. The summed E-state index contributed by atoms with van der Waals surface area (Å²) in [7, 11) is 1.68. The van der Waals surface area contributed by atoms with Crippen molar-refractivity contribution in [1.82, 2.24) is 29.2 Å². The first-order chi connectivity index (χ1) is 18.5. The third-order valence-corrected chi connectivity index (χ3v) is 7.33. The summed E-state index contributed by atoms with van der Waals surface area (Å²) in [6.45, 7) is 3.80. The molecule has 0 saturated carbocycles. The van der Waals surface area contributed by atoms with E-state index in [-0.39, 0.29) is 35.2 Å². The third kappa shape index (κ3) is 5.48. The van der Waals surface area contributed by atoms with E-state index < -0.39 is 21.1 Å². The minimum Gasteiger partial charge on any atom is -0.324 e. The Hall–Kier alpha value is -3.90. The molecule has 0 radical (unpaired) electrons. The van der Waals surface area contributed by atoms with Crippen LogP contribution in [0.15, 0.2) is 58.3 Å². The molecule has 1 aromatic carbocycles. The molecule has 39 heavy (non-hydrogen) atoms. The predicted molar refractivity (Wildman–Crippen MR) is 152 cm³/mol. The molecule has 0 aliphatic heterocycles. The van der Waals surface area contributed by atoms with Crippen molar-refractivity contribution in [3.05, 3.63) is 76.5 Å². The zero-order valence-electron chi connectivity index (χ0n) is 22.4. The minimum atomic E-state index is -2.54. The maximum absolute atomic E-state index is 15.1. The van der Waals surface area contributed by atoms with Gasteiger partial charge in [-0.3, -0.25) is 4.79 Å². The summed E-state index contributed by atoms with van der Waals surface area (Å²) in [5.41, 5.74) is 3.18. The highest BCUT2D eigenvalue weighted by molar-refractivity contribution is 7.92. The lowest BCUT2D eigenvalue weighted by Gasteiger charge is -2.30. The number of likely N-dealkylation sites (N-methyl/N-ethyl adjacent to an activating group) is 1.